The molecule has 0 saturated carbocycles. The number of nitrogens with one attached hydrogen (secondary N) is 1. The van der Waals surface area contributed by atoms with Crippen LogP contribution in [0, 0.1) is 0 Å². The van der Waals surface area contributed by atoms with E-state index in [1.807, 2.05) is 0 Å². The van der Waals surface area contributed by atoms with Crippen molar-refractivity contribution in [3.8, 4) is 0 Å². The van der Waals surface area contributed by atoms with Gasteiger partial charge >= 0.3 is 0 Å². The number of rotatable bonds is 6. The fourth-order valence-electron chi connectivity index (χ4n) is 0.700. The molecule has 0 aromatic rings. The molecule has 0 bridgehead atoms. The fraction of sp³-hybridized carbons (Fsp3) is 0.571. The van der Waals surface area contributed by atoms with E-state index in [2.05, 4.69) is 5.32 Å². The van der Waals surface area contributed by atoms with E-state index in [1.165, 1.54) is 0 Å². The number of amides is 2. The molecule has 0 spiro atoms. The molecule has 14 heavy (non-hydrogen) atoms. The number of primary amides is 1. The third kappa shape index (κ3) is 7.82. The summed E-state index contributed by atoms with van der Waals surface area (Å²) in [5.41, 5.74) is 9.85. The summed E-state index contributed by atoms with van der Waals surface area (Å²) < 4.78 is 0. The van der Waals surface area contributed by atoms with Crippen LogP contribution in [0.1, 0.15) is 12.8 Å². The van der Waals surface area contributed by atoms with E-state index >= 15 is 0 Å². The van der Waals surface area contributed by atoms with E-state index in [0.29, 0.717) is 0 Å². The summed E-state index contributed by atoms with van der Waals surface area (Å²) in [6.07, 6.45) is 1.77. The summed E-state index contributed by atoms with van der Waals surface area (Å²) in [6, 6.07) is -0.802. The van der Waals surface area contributed by atoms with Gasteiger partial charge in [0.2, 0.25) is 11.8 Å². The molecule has 1 unspecified atom stereocenters. The summed E-state index contributed by atoms with van der Waals surface area (Å²) >= 11 is 0. The molecule has 0 fully saturated rings. The van der Waals surface area contributed by atoms with Crippen molar-refractivity contribution >= 4 is 18.1 Å². The van der Waals surface area contributed by atoms with Gasteiger partial charge in [0, 0.05) is 25.9 Å². The first-order chi connectivity index (χ1) is 6.10. The van der Waals surface area contributed by atoms with Crippen molar-refractivity contribution in [2.24, 2.45) is 11.5 Å². The number of nitrogens with two attached hydrogens (primary N) is 2. The Labute approximate surface area is 94.5 Å². The Bertz CT molecular complexity index is 210. The molecule has 5 N–H and O–H groups in total. The molecule has 0 aliphatic rings. The van der Waals surface area contributed by atoms with Gasteiger partial charge in [0.1, 0.15) is 0 Å². The van der Waals surface area contributed by atoms with Crippen molar-refractivity contribution < 1.29 is 33.9 Å². The van der Waals surface area contributed by atoms with E-state index in [9.17, 15) is 14.4 Å². The second-order valence-electron chi connectivity index (χ2n) is 2.45. The predicted molar refractivity (Wildman–Crippen MR) is 45.1 cm³/mol. The normalized spacial score (nSPS) is 10.9. The Kier molecular flexibility index (Phi) is 9.81. The van der Waals surface area contributed by atoms with Gasteiger partial charge in [-0.15, -0.1) is 0 Å². The molecule has 0 saturated heterocycles. The van der Waals surface area contributed by atoms with Crippen LogP contribution in [0.15, 0.2) is 0 Å². The first-order valence-corrected chi connectivity index (χ1v) is 3.75. The summed E-state index contributed by atoms with van der Waals surface area (Å²) in [6.45, 7) is -0.200. The molecule has 0 aliphatic heterocycles. The van der Waals surface area contributed by atoms with Crippen LogP contribution in [0.5, 0.6) is 0 Å². The van der Waals surface area contributed by atoms with Crippen LogP contribution in [0.3, 0.4) is 0 Å². The number of hydrogen-bond acceptors (Lipinski definition) is 4. The van der Waals surface area contributed by atoms with Gasteiger partial charge < -0.3 is 21.6 Å². The smallest absolute Gasteiger partial charge is 0.231 e. The van der Waals surface area contributed by atoms with Gasteiger partial charge in [-0.25, -0.2) is 6.29 Å². The molecule has 0 aliphatic carbocycles. The summed E-state index contributed by atoms with van der Waals surface area (Å²) in [7, 11) is 0. The zero-order chi connectivity index (χ0) is 10.3. The van der Waals surface area contributed by atoms with Crippen molar-refractivity contribution in [3.63, 3.8) is 0 Å². The molecule has 0 rings (SSSR count). The van der Waals surface area contributed by atoms with Gasteiger partial charge in [-0.05, 0) is 6.42 Å². The standard InChI is InChI=1S/C7H12N3O3.Zn/c8-3-7(13)10-5(4-11)1-2-6(9)12;/h5H,1-3,8H2,(H2,9,12)(H,10,13);/q-1;. The van der Waals surface area contributed by atoms with Crippen LogP contribution in [0.4, 0.5) is 0 Å². The molecule has 0 heterocycles. The van der Waals surface area contributed by atoms with Crippen molar-refractivity contribution in [1.29, 1.82) is 0 Å². The minimum atomic E-state index is -0.802. The zero-order valence-corrected chi connectivity index (χ0v) is 10.8. The summed E-state index contributed by atoms with van der Waals surface area (Å²) in [5.74, 6) is -0.986. The molecule has 2 amide bonds. The molecule has 0 aromatic heterocycles. The molecule has 1 atom stereocenters. The van der Waals surface area contributed by atoms with Crippen LogP contribution in [-0.2, 0) is 33.9 Å². The van der Waals surface area contributed by atoms with Gasteiger partial charge in [-0.2, -0.15) is 0 Å². The molecule has 0 radical (unpaired) electrons. The Morgan fingerprint density at radius 2 is 2.00 bits per heavy atom. The monoisotopic (exact) mass is 250 g/mol. The van der Waals surface area contributed by atoms with Crippen molar-refractivity contribution in [2.45, 2.75) is 18.9 Å². The number of carbonyl (C=O) groups is 2. The van der Waals surface area contributed by atoms with Gasteiger partial charge in [0.05, 0.1) is 6.54 Å². The van der Waals surface area contributed by atoms with Crippen LogP contribution >= 0.6 is 0 Å². The van der Waals surface area contributed by atoms with E-state index in [0.717, 1.165) is 0 Å². The van der Waals surface area contributed by atoms with Gasteiger partial charge in [0.25, 0.3) is 0 Å². The molecular formula is C7H12N3O3Zn-. The maximum Gasteiger partial charge on any atom is 0.231 e. The Morgan fingerprint density at radius 3 is 2.36 bits per heavy atom. The molecular weight excluding hydrogens is 239 g/mol. The molecule has 0 aromatic carbocycles. The van der Waals surface area contributed by atoms with Crippen LogP contribution in [0.2, 0.25) is 0 Å². The molecule has 7 heteroatoms. The molecule has 76 valence electrons. The Balaban J connectivity index is 0. The van der Waals surface area contributed by atoms with E-state index in [-0.39, 0.29) is 38.9 Å². The third-order valence-corrected chi connectivity index (χ3v) is 1.34. The second-order valence-corrected chi connectivity index (χ2v) is 2.45. The van der Waals surface area contributed by atoms with Crippen LogP contribution in [-0.4, -0.2) is 30.7 Å². The summed E-state index contributed by atoms with van der Waals surface area (Å²) in [4.78, 5) is 31.3. The van der Waals surface area contributed by atoms with Crippen LogP contribution < -0.4 is 16.8 Å². The second kappa shape index (κ2) is 8.78. The van der Waals surface area contributed by atoms with Crippen molar-refractivity contribution in [3.05, 3.63) is 0 Å². The van der Waals surface area contributed by atoms with Crippen molar-refractivity contribution in [2.75, 3.05) is 6.54 Å². The summed E-state index contributed by atoms with van der Waals surface area (Å²) in [5, 5.41) is 2.28. The quantitative estimate of drug-likeness (QED) is 0.367. The first-order valence-electron chi connectivity index (χ1n) is 3.75. The largest absolute Gasteiger partial charge is 0.540 e. The third-order valence-electron chi connectivity index (χ3n) is 1.34. The first kappa shape index (κ1) is 15.7. The van der Waals surface area contributed by atoms with Crippen molar-refractivity contribution in [1.82, 2.24) is 5.32 Å². The van der Waals surface area contributed by atoms with Gasteiger partial charge in [-0.3, -0.25) is 9.59 Å². The fourth-order valence-corrected chi connectivity index (χ4v) is 0.700. The SMILES string of the molecule is NCC(=O)NC([C-]=O)CCC(N)=O.[Zn]. The van der Waals surface area contributed by atoms with E-state index in [1.54, 1.807) is 6.29 Å². The van der Waals surface area contributed by atoms with E-state index < -0.39 is 17.9 Å². The predicted octanol–water partition coefficient (Wildman–Crippen LogP) is -2.20. The molecule has 6 nitrogen and oxygen atoms in total. The number of hydrogen-bond donors (Lipinski definition) is 3. The minimum Gasteiger partial charge on any atom is -0.540 e. The topological polar surface area (TPSA) is 115 Å². The average Bonchev–Trinajstić information content (AvgIpc) is 2.11. The van der Waals surface area contributed by atoms with Gasteiger partial charge in [-0.1, -0.05) is 6.04 Å². The number of carbonyl (C=O) groups excluding carboxylic acids is 3. The average molecular weight is 252 g/mol. The minimum absolute atomic E-state index is 0. The Morgan fingerprint density at radius 1 is 1.43 bits per heavy atom. The Hall–Kier alpha value is -0.807. The van der Waals surface area contributed by atoms with E-state index in [4.69, 9.17) is 11.5 Å². The maximum atomic E-state index is 10.7. The maximum absolute atomic E-state index is 10.7. The van der Waals surface area contributed by atoms with Gasteiger partial charge in [0.15, 0.2) is 0 Å². The zero-order valence-electron chi connectivity index (χ0n) is 7.79. The van der Waals surface area contributed by atoms with Crippen LogP contribution in [0.25, 0.3) is 0 Å².